The van der Waals surface area contributed by atoms with Gasteiger partial charge >= 0.3 is 0 Å². The second-order valence-electron chi connectivity index (χ2n) is 5.41. The lowest BCUT2D eigenvalue weighted by molar-refractivity contribution is 0.304. The maximum absolute atomic E-state index is 4.66. The minimum atomic E-state index is 0.722. The Labute approximate surface area is 99.9 Å². The van der Waals surface area contributed by atoms with Gasteiger partial charge in [-0.25, -0.2) is 0 Å². The van der Waals surface area contributed by atoms with Crippen LogP contribution in [-0.4, -0.2) is 18.4 Å². The first-order valence-electron chi connectivity index (χ1n) is 7.18. The van der Waals surface area contributed by atoms with Gasteiger partial charge < -0.3 is 5.32 Å². The smallest absolute Gasteiger partial charge is 0.0965 e. The van der Waals surface area contributed by atoms with Crippen molar-refractivity contribution >= 4 is 5.84 Å². The maximum atomic E-state index is 4.66. The third kappa shape index (κ3) is 3.50. The van der Waals surface area contributed by atoms with E-state index >= 15 is 0 Å². The highest BCUT2D eigenvalue weighted by atomic mass is 15.0. The molecule has 0 unspecified atom stereocenters. The number of amidine groups is 1. The molecule has 2 rings (SSSR count). The summed E-state index contributed by atoms with van der Waals surface area (Å²) in [6, 6.07) is 0.722. The molecule has 16 heavy (non-hydrogen) atoms. The minimum Gasteiger partial charge on any atom is -0.371 e. The molecule has 0 bridgehead atoms. The molecule has 92 valence electrons. The van der Waals surface area contributed by atoms with E-state index in [-0.39, 0.29) is 0 Å². The summed E-state index contributed by atoms with van der Waals surface area (Å²) >= 11 is 0. The molecule has 1 heterocycles. The van der Waals surface area contributed by atoms with E-state index in [9.17, 15) is 0 Å². The zero-order chi connectivity index (χ0) is 11.2. The summed E-state index contributed by atoms with van der Waals surface area (Å²) in [7, 11) is 0. The Balaban J connectivity index is 1.75. The lowest BCUT2D eigenvalue weighted by atomic mass is 9.84. The van der Waals surface area contributed by atoms with Crippen LogP contribution in [0.3, 0.4) is 0 Å². The molecule has 0 aromatic heterocycles. The zero-order valence-corrected chi connectivity index (χ0v) is 10.7. The molecule has 2 nitrogen and oxygen atoms in total. The predicted molar refractivity (Wildman–Crippen MR) is 69.9 cm³/mol. The van der Waals surface area contributed by atoms with Gasteiger partial charge in [-0.1, -0.05) is 19.8 Å². The molecule has 1 aliphatic carbocycles. The molecule has 2 aliphatic rings. The lowest BCUT2D eigenvalue weighted by Crippen LogP contribution is -2.37. The van der Waals surface area contributed by atoms with Gasteiger partial charge in [-0.2, -0.15) is 0 Å². The van der Waals surface area contributed by atoms with E-state index in [0.29, 0.717) is 0 Å². The van der Waals surface area contributed by atoms with E-state index in [1.54, 1.807) is 0 Å². The molecule has 1 aliphatic heterocycles. The molecule has 0 saturated heterocycles. The van der Waals surface area contributed by atoms with Crippen molar-refractivity contribution in [1.29, 1.82) is 0 Å². The summed E-state index contributed by atoms with van der Waals surface area (Å²) in [6.45, 7) is 3.38. The molecule has 2 heteroatoms. The Kier molecular flexibility index (Phi) is 4.68. The van der Waals surface area contributed by atoms with Gasteiger partial charge in [0.25, 0.3) is 0 Å². The van der Waals surface area contributed by atoms with Gasteiger partial charge in [-0.15, -0.1) is 0 Å². The van der Waals surface area contributed by atoms with Gasteiger partial charge in [0.1, 0.15) is 0 Å². The monoisotopic (exact) mass is 222 g/mol. The third-order valence-electron chi connectivity index (χ3n) is 4.17. The van der Waals surface area contributed by atoms with Crippen molar-refractivity contribution in [2.75, 3.05) is 6.54 Å². The first-order valence-corrected chi connectivity index (χ1v) is 7.18. The molecule has 0 spiro atoms. The first-order chi connectivity index (χ1) is 7.88. The molecular weight excluding hydrogens is 196 g/mol. The lowest BCUT2D eigenvalue weighted by Gasteiger charge is -2.29. The van der Waals surface area contributed by atoms with E-state index in [0.717, 1.165) is 18.5 Å². The summed E-state index contributed by atoms with van der Waals surface area (Å²) in [5.41, 5.74) is 0. The highest BCUT2D eigenvalue weighted by molar-refractivity contribution is 5.82. The van der Waals surface area contributed by atoms with Gasteiger partial charge in [0.2, 0.25) is 0 Å². The summed E-state index contributed by atoms with van der Waals surface area (Å²) < 4.78 is 0. The first kappa shape index (κ1) is 11.9. The Morgan fingerprint density at radius 2 is 1.94 bits per heavy atom. The van der Waals surface area contributed by atoms with Gasteiger partial charge in [0, 0.05) is 19.0 Å². The predicted octanol–water partition coefficient (Wildman–Crippen LogP) is 3.52. The van der Waals surface area contributed by atoms with Crippen LogP contribution < -0.4 is 5.32 Å². The Morgan fingerprint density at radius 1 is 1.12 bits per heavy atom. The highest BCUT2D eigenvalue weighted by Gasteiger charge is 2.20. The quantitative estimate of drug-likeness (QED) is 0.759. The fraction of sp³-hybridized carbons (Fsp3) is 0.929. The van der Waals surface area contributed by atoms with Crippen LogP contribution in [0.15, 0.2) is 4.99 Å². The molecule has 1 fully saturated rings. The van der Waals surface area contributed by atoms with Crippen LogP contribution >= 0.6 is 0 Å². The molecule has 0 atom stereocenters. The average Bonchev–Trinajstić information content (AvgIpc) is 2.59. The molecule has 1 N–H and O–H groups in total. The zero-order valence-electron chi connectivity index (χ0n) is 10.7. The normalized spacial score (nSPS) is 31.7. The average molecular weight is 222 g/mol. The SMILES string of the molecule is CCC1CCC(NC2=NCCCCC2)CC1. The molecule has 0 amide bonds. The number of nitrogens with zero attached hydrogens (tertiary/aromatic N) is 1. The summed E-state index contributed by atoms with van der Waals surface area (Å²) in [4.78, 5) is 4.66. The van der Waals surface area contributed by atoms with E-state index in [1.807, 2.05) is 0 Å². The molecule has 0 aromatic rings. The number of nitrogens with one attached hydrogen (secondary N) is 1. The van der Waals surface area contributed by atoms with E-state index in [4.69, 9.17) is 0 Å². The highest BCUT2D eigenvalue weighted by Crippen LogP contribution is 2.26. The number of aliphatic imine (C=N–C) groups is 1. The summed E-state index contributed by atoms with van der Waals surface area (Å²) in [5.74, 6) is 2.30. The molecule has 0 aromatic carbocycles. The largest absolute Gasteiger partial charge is 0.371 e. The van der Waals surface area contributed by atoms with Crippen molar-refractivity contribution in [2.45, 2.75) is 70.8 Å². The van der Waals surface area contributed by atoms with Crippen LogP contribution in [-0.2, 0) is 0 Å². The van der Waals surface area contributed by atoms with Crippen LogP contribution in [0.1, 0.15) is 64.7 Å². The Hall–Kier alpha value is -0.530. The van der Waals surface area contributed by atoms with Crippen molar-refractivity contribution in [2.24, 2.45) is 10.9 Å². The van der Waals surface area contributed by atoms with E-state index in [1.165, 1.54) is 63.6 Å². The fourth-order valence-electron chi connectivity index (χ4n) is 2.94. The Morgan fingerprint density at radius 3 is 2.69 bits per heavy atom. The van der Waals surface area contributed by atoms with Gasteiger partial charge in [0.05, 0.1) is 5.84 Å². The minimum absolute atomic E-state index is 0.722. The fourth-order valence-corrected chi connectivity index (χ4v) is 2.94. The third-order valence-corrected chi connectivity index (χ3v) is 4.17. The van der Waals surface area contributed by atoms with E-state index < -0.39 is 0 Å². The number of hydrogen-bond donors (Lipinski definition) is 1. The standard InChI is InChI=1S/C14H26N2/c1-2-12-7-9-13(10-8-12)16-14-6-4-3-5-11-15-14/h12-13H,2-11H2,1H3,(H,15,16). The maximum Gasteiger partial charge on any atom is 0.0965 e. The molecule has 0 radical (unpaired) electrons. The van der Waals surface area contributed by atoms with Crippen molar-refractivity contribution < 1.29 is 0 Å². The number of rotatable bonds is 2. The Bertz CT molecular complexity index is 227. The number of hydrogen-bond acceptors (Lipinski definition) is 2. The summed E-state index contributed by atoms with van der Waals surface area (Å²) in [6.07, 6.45) is 12.1. The van der Waals surface area contributed by atoms with E-state index in [2.05, 4.69) is 17.2 Å². The van der Waals surface area contributed by atoms with Gasteiger partial charge in [-0.05, 0) is 44.4 Å². The van der Waals surface area contributed by atoms with Crippen molar-refractivity contribution in [3.63, 3.8) is 0 Å². The van der Waals surface area contributed by atoms with Crippen LogP contribution in [0.2, 0.25) is 0 Å². The second-order valence-corrected chi connectivity index (χ2v) is 5.41. The van der Waals surface area contributed by atoms with Crippen LogP contribution in [0, 0.1) is 5.92 Å². The van der Waals surface area contributed by atoms with Crippen LogP contribution in [0.5, 0.6) is 0 Å². The molecule has 1 saturated carbocycles. The van der Waals surface area contributed by atoms with Gasteiger partial charge in [-0.3, -0.25) is 4.99 Å². The summed E-state index contributed by atoms with van der Waals surface area (Å²) in [5, 5.41) is 3.69. The van der Waals surface area contributed by atoms with Crippen molar-refractivity contribution in [1.82, 2.24) is 5.32 Å². The topological polar surface area (TPSA) is 24.4 Å². The van der Waals surface area contributed by atoms with Gasteiger partial charge in [0.15, 0.2) is 0 Å². The second kappa shape index (κ2) is 6.27. The van der Waals surface area contributed by atoms with Crippen molar-refractivity contribution in [3.8, 4) is 0 Å². The molecular formula is C14H26N2. The van der Waals surface area contributed by atoms with Crippen LogP contribution in [0.25, 0.3) is 0 Å². The van der Waals surface area contributed by atoms with Crippen molar-refractivity contribution in [3.05, 3.63) is 0 Å². The van der Waals surface area contributed by atoms with Crippen LogP contribution in [0.4, 0.5) is 0 Å².